The second-order valence-corrected chi connectivity index (χ2v) is 9.26. The number of hydrogen-bond acceptors (Lipinski definition) is 7. The largest absolute Gasteiger partial charge is 0.490 e. The Bertz CT molecular complexity index is 1240. The van der Waals surface area contributed by atoms with Crippen molar-refractivity contribution in [3.8, 4) is 28.8 Å². The lowest BCUT2D eigenvalue weighted by atomic mass is 9.78. The Morgan fingerprint density at radius 2 is 1.53 bits per heavy atom. The molecule has 2 aromatic carbocycles. The van der Waals surface area contributed by atoms with Gasteiger partial charge in [-0.25, -0.2) is 4.98 Å². The van der Waals surface area contributed by atoms with Crippen LogP contribution >= 0.6 is 0 Å². The molecule has 5 rings (SSSR count). The highest BCUT2D eigenvalue weighted by Gasteiger charge is 2.28. The summed E-state index contributed by atoms with van der Waals surface area (Å²) in [6, 6.07) is 20.4. The molecule has 2 N–H and O–H groups in total. The van der Waals surface area contributed by atoms with E-state index in [1.807, 2.05) is 30.3 Å². The van der Waals surface area contributed by atoms with E-state index in [4.69, 9.17) is 19.6 Å². The third kappa shape index (κ3) is 4.65. The van der Waals surface area contributed by atoms with Crippen molar-refractivity contribution in [2.75, 3.05) is 0 Å². The molecule has 0 radical (unpaired) electrons. The molecule has 34 heavy (non-hydrogen) atoms. The lowest BCUT2D eigenvalue weighted by molar-refractivity contribution is 0.101. The van der Waals surface area contributed by atoms with Crippen LogP contribution in [0.3, 0.4) is 0 Å². The Morgan fingerprint density at radius 3 is 2.06 bits per heavy atom. The van der Waals surface area contributed by atoms with Crippen LogP contribution in [-0.4, -0.2) is 27.3 Å². The van der Waals surface area contributed by atoms with Crippen molar-refractivity contribution in [2.45, 2.75) is 51.2 Å². The Morgan fingerprint density at radius 1 is 0.882 bits per heavy atom. The standard InChI is InChI=1S/C27H28N4O3/c1-17-30-31-26(32-17)18-4-13-25(29-16-18)34-23-11-7-20(8-12-23)27(2,3)19-5-9-22(10-6-19)33-24-14-21(28)15-24/h4-13,16,21,24H,14-15,28H2,1-3H3/t21-,24-. The summed E-state index contributed by atoms with van der Waals surface area (Å²) < 4.78 is 17.3. The van der Waals surface area contributed by atoms with Gasteiger partial charge >= 0.3 is 0 Å². The third-order valence-electron chi connectivity index (χ3n) is 6.32. The zero-order chi connectivity index (χ0) is 23.7. The van der Waals surface area contributed by atoms with Crippen molar-refractivity contribution in [1.82, 2.24) is 15.2 Å². The molecule has 0 saturated heterocycles. The van der Waals surface area contributed by atoms with Crippen molar-refractivity contribution in [2.24, 2.45) is 5.73 Å². The molecule has 174 valence electrons. The smallest absolute Gasteiger partial charge is 0.249 e. The van der Waals surface area contributed by atoms with E-state index >= 15 is 0 Å². The predicted octanol–water partition coefficient (Wildman–Crippen LogP) is 5.43. The molecule has 4 aromatic rings. The highest BCUT2D eigenvalue weighted by Crippen LogP contribution is 2.34. The SMILES string of the molecule is Cc1nnc(-c2ccc(Oc3ccc(C(C)(C)c4ccc(O[C@H]5C[C@H](N)C5)cc4)cc3)nc2)o1. The highest BCUT2D eigenvalue weighted by molar-refractivity contribution is 5.51. The van der Waals surface area contributed by atoms with Crippen LogP contribution in [0.25, 0.3) is 11.5 Å². The van der Waals surface area contributed by atoms with Gasteiger partial charge < -0.3 is 19.6 Å². The predicted molar refractivity (Wildman–Crippen MR) is 129 cm³/mol. The summed E-state index contributed by atoms with van der Waals surface area (Å²) in [5, 5.41) is 7.85. The lowest BCUT2D eigenvalue weighted by Crippen LogP contribution is -2.43. The van der Waals surface area contributed by atoms with Gasteiger partial charge in [-0.2, -0.15) is 0 Å². The first kappa shape index (κ1) is 22.1. The Kier molecular flexibility index (Phi) is 5.79. The maximum Gasteiger partial charge on any atom is 0.249 e. The van der Waals surface area contributed by atoms with Gasteiger partial charge in [-0.3, -0.25) is 0 Å². The fourth-order valence-electron chi connectivity index (χ4n) is 4.05. The van der Waals surface area contributed by atoms with E-state index in [0.29, 0.717) is 17.7 Å². The molecule has 0 atom stereocenters. The van der Waals surface area contributed by atoms with E-state index in [2.05, 4.69) is 53.3 Å². The quantitative estimate of drug-likeness (QED) is 0.396. The lowest BCUT2D eigenvalue weighted by Gasteiger charge is -2.33. The van der Waals surface area contributed by atoms with Crippen LogP contribution in [-0.2, 0) is 5.41 Å². The van der Waals surface area contributed by atoms with E-state index in [-0.39, 0.29) is 17.6 Å². The maximum atomic E-state index is 5.99. The van der Waals surface area contributed by atoms with E-state index in [1.54, 1.807) is 19.2 Å². The molecule has 2 aromatic heterocycles. The summed E-state index contributed by atoms with van der Waals surface area (Å²) in [5.74, 6) is 3.07. The molecule has 1 saturated carbocycles. The monoisotopic (exact) mass is 456 g/mol. The first-order valence-electron chi connectivity index (χ1n) is 11.4. The fourth-order valence-corrected chi connectivity index (χ4v) is 4.05. The van der Waals surface area contributed by atoms with Crippen molar-refractivity contribution >= 4 is 0 Å². The number of benzene rings is 2. The van der Waals surface area contributed by atoms with Gasteiger partial charge in [0, 0.05) is 30.6 Å². The number of pyridine rings is 1. The fraction of sp³-hybridized carbons (Fsp3) is 0.296. The Labute approximate surface area is 199 Å². The van der Waals surface area contributed by atoms with Gasteiger partial charge in [0.1, 0.15) is 17.6 Å². The molecule has 0 aliphatic heterocycles. The normalized spacial score (nSPS) is 17.8. The molecule has 0 spiro atoms. The summed E-state index contributed by atoms with van der Waals surface area (Å²) in [6.07, 6.45) is 3.77. The van der Waals surface area contributed by atoms with E-state index in [0.717, 1.165) is 29.9 Å². The van der Waals surface area contributed by atoms with Crippen LogP contribution < -0.4 is 15.2 Å². The van der Waals surface area contributed by atoms with Crippen LogP contribution in [0.1, 0.15) is 43.7 Å². The molecule has 0 unspecified atom stereocenters. The molecule has 0 bridgehead atoms. The van der Waals surface area contributed by atoms with E-state index < -0.39 is 0 Å². The Hall–Kier alpha value is -3.71. The number of aryl methyl sites for hydroxylation is 1. The molecule has 1 aliphatic carbocycles. The van der Waals surface area contributed by atoms with Crippen LogP contribution in [0.5, 0.6) is 17.4 Å². The number of aromatic nitrogens is 3. The molecule has 7 nitrogen and oxygen atoms in total. The van der Waals surface area contributed by atoms with Crippen LogP contribution in [0, 0.1) is 6.92 Å². The summed E-state index contributed by atoms with van der Waals surface area (Å²) >= 11 is 0. The number of nitrogens with zero attached hydrogens (tertiary/aromatic N) is 3. The summed E-state index contributed by atoms with van der Waals surface area (Å²) in [7, 11) is 0. The first-order valence-corrected chi connectivity index (χ1v) is 11.4. The maximum absolute atomic E-state index is 5.99. The van der Waals surface area contributed by atoms with Crippen molar-refractivity contribution < 1.29 is 13.9 Å². The number of nitrogens with two attached hydrogens (primary N) is 1. The minimum Gasteiger partial charge on any atom is -0.490 e. The number of hydrogen-bond donors (Lipinski definition) is 1. The van der Waals surface area contributed by atoms with Gasteiger partial charge in [-0.1, -0.05) is 38.1 Å². The summed E-state index contributed by atoms with van der Waals surface area (Å²) in [5.41, 5.74) is 8.83. The third-order valence-corrected chi connectivity index (χ3v) is 6.32. The van der Waals surface area contributed by atoms with E-state index in [9.17, 15) is 0 Å². The zero-order valence-electron chi connectivity index (χ0n) is 19.6. The average molecular weight is 457 g/mol. The topological polar surface area (TPSA) is 96.3 Å². The molecule has 1 fully saturated rings. The second kappa shape index (κ2) is 8.91. The van der Waals surface area contributed by atoms with Gasteiger partial charge in [0.2, 0.25) is 17.7 Å². The van der Waals surface area contributed by atoms with Gasteiger partial charge in [-0.15, -0.1) is 10.2 Å². The van der Waals surface area contributed by atoms with Crippen LogP contribution in [0.4, 0.5) is 0 Å². The minimum absolute atomic E-state index is 0.169. The van der Waals surface area contributed by atoms with Gasteiger partial charge in [0.15, 0.2) is 0 Å². The van der Waals surface area contributed by atoms with Crippen LogP contribution in [0.15, 0.2) is 71.3 Å². The van der Waals surface area contributed by atoms with Crippen molar-refractivity contribution in [1.29, 1.82) is 0 Å². The molecular formula is C27H28N4O3. The molecule has 7 heteroatoms. The van der Waals surface area contributed by atoms with E-state index in [1.165, 1.54) is 11.1 Å². The van der Waals surface area contributed by atoms with Gasteiger partial charge in [0.05, 0.1) is 5.56 Å². The van der Waals surface area contributed by atoms with Crippen molar-refractivity contribution in [3.05, 3.63) is 83.9 Å². The Balaban J connectivity index is 1.24. The van der Waals surface area contributed by atoms with Gasteiger partial charge in [0.25, 0.3) is 0 Å². The summed E-state index contributed by atoms with van der Waals surface area (Å²) in [4.78, 5) is 4.35. The molecule has 2 heterocycles. The number of ether oxygens (including phenoxy) is 2. The molecule has 0 amide bonds. The van der Waals surface area contributed by atoms with Gasteiger partial charge in [-0.05, 0) is 54.3 Å². The van der Waals surface area contributed by atoms with Crippen molar-refractivity contribution in [3.63, 3.8) is 0 Å². The number of rotatable bonds is 7. The summed E-state index contributed by atoms with van der Waals surface area (Å²) in [6.45, 7) is 6.18. The molecular weight excluding hydrogens is 428 g/mol. The zero-order valence-corrected chi connectivity index (χ0v) is 19.6. The minimum atomic E-state index is -0.169. The van der Waals surface area contributed by atoms with Crippen LogP contribution in [0.2, 0.25) is 0 Å². The highest BCUT2D eigenvalue weighted by atomic mass is 16.5. The molecule has 1 aliphatic rings. The second-order valence-electron chi connectivity index (χ2n) is 9.26. The first-order chi connectivity index (χ1) is 16.4. The average Bonchev–Trinajstić information content (AvgIpc) is 3.25.